The van der Waals surface area contributed by atoms with Crippen LogP contribution in [0.4, 0.5) is 5.69 Å². The molecule has 17 heavy (non-hydrogen) atoms. The molecule has 1 heterocycles. The summed E-state index contributed by atoms with van der Waals surface area (Å²) in [7, 11) is 0. The highest BCUT2D eigenvalue weighted by molar-refractivity contribution is 5.82. The lowest BCUT2D eigenvalue weighted by Gasteiger charge is -2.05. The van der Waals surface area contributed by atoms with Crippen LogP contribution in [0.3, 0.4) is 0 Å². The number of anilines is 1. The van der Waals surface area contributed by atoms with Gasteiger partial charge in [0.05, 0.1) is 0 Å². The third-order valence-corrected chi connectivity index (χ3v) is 2.51. The number of aliphatic imine (C=N–C) groups is 1. The molecule has 0 saturated heterocycles. The number of nitrogens with zero attached hydrogens (tertiary/aromatic N) is 1. The van der Waals surface area contributed by atoms with Gasteiger partial charge in [-0.1, -0.05) is 0 Å². The van der Waals surface area contributed by atoms with Gasteiger partial charge in [0, 0.05) is 35.9 Å². The van der Waals surface area contributed by atoms with Crippen molar-refractivity contribution in [1.29, 1.82) is 0 Å². The zero-order chi connectivity index (χ0) is 12.1. The molecule has 0 aliphatic carbocycles. The van der Waals surface area contributed by atoms with Crippen LogP contribution >= 0.6 is 0 Å². The van der Waals surface area contributed by atoms with E-state index in [-0.39, 0.29) is 5.96 Å². The van der Waals surface area contributed by atoms with Crippen molar-refractivity contribution in [1.82, 2.24) is 4.98 Å². The van der Waals surface area contributed by atoms with E-state index in [1.165, 1.54) is 5.39 Å². The normalized spacial score (nSPS) is 10.4. The molecular weight excluding hydrogens is 214 g/mol. The summed E-state index contributed by atoms with van der Waals surface area (Å²) in [4.78, 5) is 7.09. The van der Waals surface area contributed by atoms with Crippen LogP contribution in [0.15, 0.2) is 35.5 Å². The molecule has 0 amide bonds. The van der Waals surface area contributed by atoms with Gasteiger partial charge < -0.3 is 21.8 Å². The van der Waals surface area contributed by atoms with Crippen LogP contribution in [0, 0.1) is 0 Å². The number of guanidine groups is 1. The SMILES string of the molecule is NC(N)=NCCCNc1ccc2[nH]ccc2c1. The van der Waals surface area contributed by atoms with Crippen LogP contribution in [-0.2, 0) is 0 Å². The largest absolute Gasteiger partial charge is 0.385 e. The number of nitrogens with two attached hydrogens (primary N) is 2. The molecule has 0 atom stereocenters. The summed E-state index contributed by atoms with van der Waals surface area (Å²) in [6.45, 7) is 1.51. The Morgan fingerprint density at radius 2 is 2.18 bits per heavy atom. The lowest BCUT2D eigenvalue weighted by atomic mass is 10.2. The molecule has 90 valence electrons. The molecule has 1 aromatic carbocycles. The van der Waals surface area contributed by atoms with Crippen LogP contribution in [0.1, 0.15) is 6.42 Å². The summed E-state index contributed by atoms with van der Waals surface area (Å²) in [5, 5.41) is 4.54. The van der Waals surface area contributed by atoms with E-state index >= 15 is 0 Å². The second-order valence-corrected chi connectivity index (χ2v) is 3.87. The minimum atomic E-state index is 0.152. The first-order chi connectivity index (χ1) is 8.25. The van der Waals surface area contributed by atoms with Crippen molar-refractivity contribution in [2.24, 2.45) is 16.5 Å². The monoisotopic (exact) mass is 231 g/mol. The number of aromatic amines is 1. The molecule has 5 nitrogen and oxygen atoms in total. The maximum absolute atomic E-state index is 5.24. The zero-order valence-corrected chi connectivity index (χ0v) is 9.61. The molecule has 0 radical (unpaired) electrons. The Kier molecular flexibility index (Phi) is 3.49. The van der Waals surface area contributed by atoms with E-state index in [2.05, 4.69) is 39.6 Å². The molecule has 0 saturated carbocycles. The summed E-state index contributed by atoms with van der Waals surface area (Å²) < 4.78 is 0. The fourth-order valence-corrected chi connectivity index (χ4v) is 1.68. The number of rotatable bonds is 5. The first kappa shape index (κ1) is 11.3. The first-order valence-electron chi connectivity index (χ1n) is 5.62. The highest BCUT2D eigenvalue weighted by atomic mass is 15.0. The number of fused-ring (bicyclic) bond motifs is 1. The molecule has 2 rings (SSSR count). The smallest absolute Gasteiger partial charge is 0.185 e. The molecule has 0 bridgehead atoms. The third kappa shape index (κ3) is 3.14. The van der Waals surface area contributed by atoms with Gasteiger partial charge in [-0.2, -0.15) is 0 Å². The Balaban J connectivity index is 1.84. The minimum Gasteiger partial charge on any atom is -0.385 e. The van der Waals surface area contributed by atoms with Gasteiger partial charge >= 0.3 is 0 Å². The number of H-pyrrole nitrogens is 1. The van der Waals surface area contributed by atoms with Crippen LogP contribution in [0.25, 0.3) is 10.9 Å². The highest BCUT2D eigenvalue weighted by Gasteiger charge is 1.96. The van der Waals surface area contributed by atoms with Crippen molar-refractivity contribution in [3.63, 3.8) is 0 Å². The number of benzene rings is 1. The van der Waals surface area contributed by atoms with Crippen molar-refractivity contribution in [2.75, 3.05) is 18.4 Å². The van der Waals surface area contributed by atoms with E-state index in [4.69, 9.17) is 11.5 Å². The van der Waals surface area contributed by atoms with Gasteiger partial charge in [-0.05, 0) is 30.7 Å². The number of nitrogens with one attached hydrogen (secondary N) is 2. The second kappa shape index (κ2) is 5.25. The Morgan fingerprint density at radius 3 is 3.00 bits per heavy atom. The predicted octanol–water partition coefficient (Wildman–Crippen LogP) is 1.24. The predicted molar refractivity (Wildman–Crippen MR) is 72.1 cm³/mol. The van der Waals surface area contributed by atoms with Gasteiger partial charge in [0.2, 0.25) is 0 Å². The average Bonchev–Trinajstić information content (AvgIpc) is 2.75. The lowest BCUT2D eigenvalue weighted by molar-refractivity contribution is 0.872. The van der Waals surface area contributed by atoms with E-state index in [1.807, 2.05) is 6.20 Å². The number of aromatic nitrogens is 1. The number of hydrogen-bond donors (Lipinski definition) is 4. The van der Waals surface area contributed by atoms with Crippen LogP contribution in [-0.4, -0.2) is 24.0 Å². The van der Waals surface area contributed by atoms with Crippen LogP contribution < -0.4 is 16.8 Å². The summed E-state index contributed by atoms with van der Waals surface area (Å²) >= 11 is 0. The van der Waals surface area contributed by atoms with E-state index in [1.54, 1.807) is 0 Å². The molecule has 6 N–H and O–H groups in total. The van der Waals surface area contributed by atoms with E-state index in [0.717, 1.165) is 24.2 Å². The van der Waals surface area contributed by atoms with Crippen LogP contribution in [0.5, 0.6) is 0 Å². The van der Waals surface area contributed by atoms with Gasteiger partial charge in [-0.25, -0.2) is 0 Å². The molecule has 0 aliphatic rings. The van der Waals surface area contributed by atoms with Crippen molar-refractivity contribution in [3.05, 3.63) is 30.5 Å². The van der Waals surface area contributed by atoms with Crippen molar-refractivity contribution < 1.29 is 0 Å². The van der Waals surface area contributed by atoms with Gasteiger partial charge in [0.1, 0.15) is 0 Å². The fraction of sp³-hybridized carbons (Fsp3) is 0.250. The Hall–Kier alpha value is -2.17. The minimum absolute atomic E-state index is 0.152. The second-order valence-electron chi connectivity index (χ2n) is 3.87. The molecule has 0 unspecified atom stereocenters. The Labute approximate surface area is 99.9 Å². The van der Waals surface area contributed by atoms with Gasteiger partial charge in [0.15, 0.2) is 5.96 Å². The van der Waals surface area contributed by atoms with E-state index in [9.17, 15) is 0 Å². The Bertz CT molecular complexity index is 510. The molecule has 2 aromatic rings. The third-order valence-electron chi connectivity index (χ3n) is 2.51. The molecule has 1 aromatic heterocycles. The summed E-state index contributed by atoms with van der Waals surface area (Å²) in [6, 6.07) is 8.29. The highest BCUT2D eigenvalue weighted by Crippen LogP contribution is 2.17. The lowest BCUT2D eigenvalue weighted by Crippen LogP contribution is -2.23. The topological polar surface area (TPSA) is 92.2 Å². The van der Waals surface area contributed by atoms with Crippen LogP contribution in [0.2, 0.25) is 0 Å². The van der Waals surface area contributed by atoms with Gasteiger partial charge in [-0.15, -0.1) is 0 Å². The van der Waals surface area contributed by atoms with Crippen molar-refractivity contribution in [2.45, 2.75) is 6.42 Å². The Morgan fingerprint density at radius 1 is 1.29 bits per heavy atom. The zero-order valence-electron chi connectivity index (χ0n) is 9.61. The average molecular weight is 231 g/mol. The molecular formula is C12H17N5. The van der Waals surface area contributed by atoms with Crippen molar-refractivity contribution >= 4 is 22.5 Å². The number of hydrogen-bond acceptors (Lipinski definition) is 2. The van der Waals surface area contributed by atoms with Gasteiger partial charge in [0.25, 0.3) is 0 Å². The van der Waals surface area contributed by atoms with E-state index < -0.39 is 0 Å². The van der Waals surface area contributed by atoms with Crippen molar-refractivity contribution in [3.8, 4) is 0 Å². The summed E-state index contributed by atoms with van der Waals surface area (Å²) in [5.74, 6) is 0.152. The fourth-order valence-electron chi connectivity index (χ4n) is 1.68. The maximum Gasteiger partial charge on any atom is 0.185 e. The summed E-state index contributed by atoms with van der Waals surface area (Å²) in [6.07, 6.45) is 2.84. The maximum atomic E-state index is 5.24. The molecule has 0 aliphatic heterocycles. The molecule has 5 heteroatoms. The standard InChI is InChI=1S/C12H17N5/c13-12(14)17-6-1-5-15-10-2-3-11-9(8-10)4-7-16-11/h2-4,7-8,15-16H,1,5-6H2,(H4,13,14,17). The molecule has 0 spiro atoms. The van der Waals surface area contributed by atoms with E-state index in [0.29, 0.717) is 6.54 Å². The quantitative estimate of drug-likeness (QED) is 0.354. The first-order valence-corrected chi connectivity index (χ1v) is 5.62. The van der Waals surface area contributed by atoms with Gasteiger partial charge in [-0.3, -0.25) is 4.99 Å². The molecule has 0 fully saturated rings. The summed E-state index contributed by atoms with van der Waals surface area (Å²) in [5.41, 5.74) is 12.7.